The lowest BCUT2D eigenvalue weighted by Crippen LogP contribution is -2.23. The van der Waals surface area contributed by atoms with E-state index in [-0.39, 0.29) is 0 Å². The van der Waals surface area contributed by atoms with Crippen molar-refractivity contribution in [3.63, 3.8) is 0 Å². The monoisotopic (exact) mass is 333 g/mol. The average Bonchev–Trinajstić information content (AvgIpc) is 3.00. The number of aryl methyl sites for hydroxylation is 1. The lowest BCUT2D eigenvalue weighted by atomic mass is 10.0. The maximum absolute atomic E-state index is 4.28. The summed E-state index contributed by atoms with van der Waals surface area (Å²) >= 11 is 3.58. The zero-order valence-corrected chi connectivity index (χ0v) is 13.5. The molecule has 1 aliphatic rings. The highest BCUT2D eigenvalue weighted by atomic mass is 79.9. The van der Waals surface area contributed by atoms with Crippen LogP contribution in [0.3, 0.4) is 0 Å². The molecule has 0 bridgehead atoms. The molecule has 1 aromatic carbocycles. The normalized spacial score (nSPS) is 21.1. The van der Waals surface area contributed by atoms with Crippen molar-refractivity contribution in [1.29, 1.82) is 0 Å². The molecule has 20 heavy (non-hydrogen) atoms. The van der Waals surface area contributed by atoms with E-state index >= 15 is 0 Å². The van der Waals surface area contributed by atoms with Gasteiger partial charge in [0.25, 0.3) is 0 Å². The Hall–Kier alpha value is -1.13. The molecule has 2 N–H and O–H groups in total. The SMILES string of the molecule is CCc1cc(CN[C@H]2c3cc(Br)ccc3C[C@@H]2C)[nH]n1. The van der Waals surface area contributed by atoms with E-state index in [0.29, 0.717) is 12.0 Å². The molecule has 0 unspecified atom stereocenters. The summed E-state index contributed by atoms with van der Waals surface area (Å²) in [5.74, 6) is 0.632. The number of hydrogen-bond acceptors (Lipinski definition) is 2. The van der Waals surface area contributed by atoms with E-state index in [1.54, 1.807) is 0 Å². The number of nitrogens with one attached hydrogen (secondary N) is 2. The lowest BCUT2D eigenvalue weighted by Gasteiger charge is -2.18. The second-order valence-corrected chi connectivity index (χ2v) is 6.54. The molecule has 0 fully saturated rings. The molecule has 1 aromatic heterocycles. The van der Waals surface area contributed by atoms with Gasteiger partial charge >= 0.3 is 0 Å². The van der Waals surface area contributed by atoms with Gasteiger partial charge in [-0.3, -0.25) is 5.10 Å². The number of aromatic amines is 1. The van der Waals surface area contributed by atoms with Gasteiger partial charge in [0, 0.05) is 22.8 Å². The Morgan fingerprint density at radius 1 is 1.40 bits per heavy atom. The van der Waals surface area contributed by atoms with Crippen molar-refractivity contribution in [2.24, 2.45) is 5.92 Å². The number of aromatic nitrogens is 2. The lowest BCUT2D eigenvalue weighted by molar-refractivity contribution is 0.413. The number of fused-ring (bicyclic) bond motifs is 1. The molecule has 0 radical (unpaired) electrons. The third-order valence-electron chi connectivity index (χ3n) is 4.11. The van der Waals surface area contributed by atoms with Crippen molar-refractivity contribution in [2.45, 2.75) is 39.3 Å². The summed E-state index contributed by atoms with van der Waals surface area (Å²) < 4.78 is 1.16. The molecule has 1 heterocycles. The van der Waals surface area contributed by atoms with Crippen molar-refractivity contribution in [2.75, 3.05) is 0 Å². The second-order valence-electron chi connectivity index (χ2n) is 5.62. The van der Waals surface area contributed by atoms with Crippen LogP contribution in [0.1, 0.15) is 42.4 Å². The summed E-state index contributed by atoms with van der Waals surface area (Å²) in [6.07, 6.45) is 2.13. The zero-order valence-electron chi connectivity index (χ0n) is 11.9. The topological polar surface area (TPSA) is 40.7 Å². The molecule has 3 nitrogen and oxygen atoms in total. The summed E-state index contributed by atoms with van der Waals surface area (Å²) in [6, 6.07) is 9.20. The molecule has 1 aliphatic carbocycles. The highest BCUT2D eigenvalue weighted by Gasteiger charge is 2.28. The number of hydrogen-bond donors (Lipinski definition) is 2. The zero-order chi connectivity index (χ0) is 14.1. The predicted molar refractivity (Wildman–Crippen MR) is 84.6 cm³/mol. The minimum atomic E-state index is 0.427. The van der Waals surface area contributed by atoms with Gasteiger partial charge < -0.3 is 5.32 Å². The molecule has 2 aromatic rings. The Kier molecular flexibility index (Phi) is 3.94. The van der Waals surface area contributed by atoms with Gasteiger partial charge in [0.15, 0.2) is 0 Å². The Balaban J connectivity index is 1.73. The van der Waals surface area contributed by atoms with Crippen LogP contribution in [0, 0.1) is 5.92 Å². The fourth-order valence-electron chi connectivity index (χ4n) is 3.02. The highest BCUT2D eigenvalue weighted by Crippen LogP contribution is 2.37. The van der Waals surface area contributed by atoms with E-state index in [1.165, 1.54) is 11.1 Å². The van der Waals surface area contributed by atoms with E-state index < -0.39 is 0 Å². The minimum Gasteiger partial charge on any atom is -0.304 e. The van der Waals surface area contributed by atoms with Gasteiger partial charge in [-0.05, 0) is 48.1 Å². The summed E-state index contributed by atoms with van der Waals surface area (Å²) in [5.41, 5.74) is 5.20. The highest BCUT2D eigenvalue weighted by molar-refractivity contribution is 9.10. The van der Waals surface area contributed by atoms with Crippen molar-refractivity contribution in [3.05, 3.63) is 51.3 Å². The molecule has 0 amide bonds. The van der Waals surface area contributed by atoms with Gasteiger partial charge in [0.1, 0.15) is 0 Å². The fraction of sp³-hybridized carbons (Fsp3) is 0.438. The maximum Gasteiger partial charge on any atom is 0.0622 e. The Bertz CT molecular complexity index is 606. The van der Waals surface area contributed by atoms with Crippen molar-refractivity contribution in [3.8, 4) is 0 Å². The van der Waals surface area contributed by atoms with Crippen molar-refractivity contribution >= 4 is 15.9 Å². The van der Waals surface area contributed by atoms with Crippen LogP contribution < -0.4 is 5.32 Å². The largest absolute Gasteiger partial charge is 0.304 e. The summed E-state index contributed by atoms with van der Waals surface area (Å²) in [6.45, 7) is 5.28. The number of rotatable bonds is 4. The van der Waals surface area contributed by atoms with Crippen LogP contribution >= 0.6 is 15.9 Å². The number of benzene rings is 1. The molecular weight excluding hydrogens is 314 g/mol. The van der Waals surface area contributed by atoms with E-state index in [2.05, 4.69) is 69.6 Å². The minimum absolute atomic E-state index is 0.427. The first-order valence-electron chi connectivity index (χ1n) is 7.22. The van der Waals surface area contributed by atoms with Gasteiger partial charge in [0.2, 0.25) is 0 Å². The Labute approximate surface area is 128 Å². The van der Waals surface area contributed by atoms with Crippen molar-refractivity contribution in [1.82, 2.24) is 15.5 Å². The van der Waals surface area contributed by atoms with Crippen LogP contribution in [-0.2, 0) is 19.4 Å². The second kappa shape index (κ2) is 5.70. The van der Waals surface area contributed by atoms with Crippen LogP contribution in [0.4, 0.5) is 0 Å². The Morgan fingerprint density at radius 2 is 2.25 bits per heavy atom. The predicted octanol–water partition coefficient (Wildman–Crippen LogP) is 3.76. The molecule has 3 rings (SSSR count). The summed E-state index contributed by atoms with van der Waals surface area (Å²) in [5, 5.41) is 11.1. The van der Waals surface area contributed by atoms with Crippen molar-refractivity contribution < 1.29 is 0 Å². The van der Waals surface area contributed by atoms with Gasteiger partial charge in [-0.2, -0.15) is 5.10 Å². The average molecular weight is 334 g/mol. The third kappa shape index (κ3) is 2.67. The van der Waals surface area contributed by atoms with E-state index in [9.17, 15) is 0 Å². The van der Waals surface area contributed by atoms with Crippen LogP contribution in [0.15, 0.2) is 28.7 Å². The summed E-state index contributed by atoms with van der Waals surface area (Å²) in [4.78, 5) is 0. The molecule has 0 saturated heterocycles. The first-order valence-corrected chi connectivity index (χ1v) is 8.01. The van der Waals surface area contributed by atoms with Crippen LogP contribution in [0.5, 0.6) is 0 Å². The Morgan fingerprint density at radius 3 is 3.00 bits per heavy atom. The number of H-pyrrole nitrogens is 1. The smallest absolute Gasteiger partial charge is 0.0622 e. The van der Waals surface area contributed by atoms with Gasteiger partial charge in [-0.25, -0.2) is 0 Å². The quantitative estimate of drug-likeness (QED) is 0.894. The van der Waals surface area contributed by atoms with Gasteiger partial charge in [-0.1, -0.05) is 35.8 Å². The molecule has 0 aliphatic heterocycles. The fourth-order valence-corrected chi connectivity index (χ4v) is 3.40. The van der Waals surface area contributed by atoms with Gasteiger partial charge in [0.05, 0.1) is 5.69 Å². The van der Waals surface area contributed by atoms with Crippen LogP contribution in [0.25, 0.3) is 0 Å². The van der Waals surface area contributed by atoms with Gasteiger partial charge in [-0.15, -0.1) is 0 Å². The third-order valence-corrected chi connectivity index (χ3v) is 4.61. The molecule has 106 valence electrons. The van der Waals surface area contributed by atoms with E-state index in [1.807, 2.05) is 0 Å². The summed E-state index contributed by atoms with van der Waals surface area (Å²) in [7, 11) is 0. The standard InChI is InChI=1S/C16H20BrN3/c1-3-13-8-14(20-19-13)9-18-16-10(2)6-11-4-5-12(17)7-15(11)16/h4-5,7-8,10,16,18H,3,6,9H2,1-2H3,(H,19,20)/t10-,16+/m0/s1. The van der Waals surface area contributed by atoms with Crippen LogP contribution in [-0.4, -0.2) is 10.2 Å². The molecular formula is C16H20BrN3. The van der Waals surface area contributed by atoms with E-state index in [0.717, 1.165) is 35.2 Å². The molecule has 0 spiro atoms. The maximum atomic E-state index is 4.28. The number of halogens is 1. The molecule has 4 heteroatoms. The van der Waals surface area contributed by atoms with Crippen LogP contribution in [0.2, 0.25) is 0 Å². The molecule has 2 atom stereocenters. The number of nitrogens with zero attached hydrogens (tertiary/aromatic N) is 1. The first kappa shape index (κ1) is 13.8. The molecule has 0 saturated carbocycles. The first-order chi connectivity index (χ1) is 9.67. The van der Waals surface area contributed by atoms with E-state index in [4.69, 9.17) is 0 Å².